The van der Waals surface area contributed by atoms with Gasteiger partial charge in [0.15, 0.2) is 0 Å². The monoisotopic (exact) mass is 169 g/mol. The van der Waals surface area contributed by atoms with E-state index in [4.69, 9.17) is 5.73 Å². The molecular weight excluding hydrogens is 150 g/mol. The SMILES string of the molecule is CNCN1C2CCC1CC(N)C2. The van der Waals surface area contributed by atoms with Crippen molar-refractivity contribution in [2.24, 2.45) is 5.73 Å². The minimum absolute atomic E-state index is 0.468. The topological polar surface area (TPSA) is 41.3 Å². The number of rotatable bonds is 2. The second-order valence-electron chi connectivity index (χ2n) is 4.14. The van der Waals surface area contributed by atoms with Crippen LogP contribution in [0.15, 0.2) is 0 Å². The van der Waals surface area contributed by atoms with Gasteiger partial charge in [-0.3, -0.25) is 4.90 Å². The molecule has 2 unspecified atom stereocenters. The molecule has 0 aliphatic carbocycles. The molecule has 0 aromatic rings. The molecule has 0 aromatic carbocycles. The first kappa shape index (κ1) is 8.48. The van der Waals surface area contributed by atoms with Gasteiger partial charge in [-0.1, -0.05) is 0 Å². The molecule has 70 valence electrons. The largest absolute Gasteiger partial charge is 0.328 e. The fourth-order valence-corrected chi connectivity index (χ4v) is 2.76. The zero-order valence-electron chi connectivity index (χ0n) is 7.79. The average molecular weight is 169 g/mol. The van der Waals surface area contributed by atoms with E-state index in [0.29, 0.717) is 6.04 Å². The van der Waals surface area contributed by atoms with Crippen molar-refractivity contribution >= 4 is 0 Å². The lowest BCUT2D eigenvalue weighted by Crippen LogP contribution is -2.50. The predicted octanol–water partition coefficient (Wildman–Crippen LogP) is 0.117. The minimum Gasteiger partial charge on any atom is -0.328 e. The van der Waals surface area contributed by atoms with Crippen molar-refractivity contribution in [3.63, 3.8) is 0 Å². The molecule has 3 N–H and O–H groups in total. The van der Waals surface area contributed by atoms with Crippen molar-refractivity contribution in [3.05, 3.63) is 0 Å². The number of hydrogen-bond acceptors (Lipinski definition) is 3. The fraction of sp³-hybridized carbons (Fsp3) is 1.00. The lowest BCUT2D eigenvalue weighted by molar-refractivity contribution is 0.120. The summed E-state index contributed by atoms with van der Waals surface area (Å²) in [5, 5.41) is 3.24. The molecule has 0 radical (unpaired) electrons. The van der Waals surface area contributed by atoms with Crippen LogP contribution >= 0.6 is 0 Å². The van der Waals surface area contributed by atoms with Crippen LogP contribution in [0.3, 0.4) is 0 Å². The Bertz CT molecular complexity index is 146. The lowest BCUT2D eigenvalue weighted by atomic mass is 9.99. The summed E-state index contributed by atoms with van der Waals surface area (Å²) >= 11 is 0. The first-order chi connectivity index (χ1) is 5.81. The molecule has 2 atom stereocenters. The Balaban J connectivity index is 1.99. The molecule has 0 amide bonds. The van der Waals surface area contributed by atoms with E-state index in [2.05, 4.69) is 10.2 Å². The molecule has 2 bridgehead atoms. The quantitative estimate of drug-likeness (QED) is 0.617. The molecule has 3 nitrogen and oxygen atoms in total. The van der Waals surface area contributed by atoms with Gasteiger partial charge in [-0.15, -0.1) is 0 Å². The van der Waals surface area contributed by atoms with E-state index in [1.54, 1.807) is 0 Å². The summed E-state index contributed by atoms with van der Waals surface area (Å²) < 4.78 is 0. The van der Waals surface area contributed by atoms with Crippen LogP contribution in [0.25, 0.3) is 0 Å². The molecule has 12 heavy (non-hydrogen) atoms. The molecule has 2 saturated heterocycles. The van der Waals surface area contributed by atoms with Crippen LogP contribution in [-0.4, -0.2) is 36.7 Å². The molecular formula is C9H19N3. The Labute approximate surface area is 74.3 Å². The van der Waals surface area contributed by atoms with E-state index in [0.717, 1.165) is 18.8 Å². The molecule has 0 spiro atoms. The van der Waals surface area contributed by atoms with Crippen molar-refractivity contribution in [2.45, 2.75) is 43.8 Å². The smallest absolute Gasteiger partial charge is 0.0483 e. The van der Waals surface area contributed by atoms with Crippen LogP contribution in [0.2, 0.25) is 0 Å². The summed E-state index contributed by atoms with van der Waals surface area (Å²) in [5.74, 6) is 0. The Hall–Kier alpha value is -0.120. The maximum absolute atomic E-state index is 5.97. The molecule has 0 aromatic heterocycles. The van der Waals surface area contributed by atoms with E-state index >= 15 is 0 Å². The standard InChI is InChI=1S/C9H19N3/c1-11-6-12-8-2-3-9(12)5-7(10)4-8/h7-9,11H,2-6,10H2,1H3. The highest BCUT2D eigenvalue weighted by molar-refractivity contribution is 4.95. The van der Waals surface area contributed by atoms with Crippen LogP contribution < -0.4 is 11.1 Å². The summed E-state index contributed by atoms with van der Waals surface area (Å²) in [7, 11) is 2.02. The van der Waals surface area contributed by atoms with Gasteiger partial charge in [0.05, 0.1) is 0 Å². The van der Waals surface area contributed by atoms with Gasteiger partial charge in [0.25, 0.3) is 0 Å². The van der Waals surface area contributed by atoms with E-state index in [1.807, 2.05) is 7.05 Å². The third-order valence-electron chi connectivity index (χ3n) is 3.26. The van der Waals surface area contributed by atoms with Crippen LogP contribution in [0.5, 0.6) is 0 Å². The molecule has 2 aliphatic rings. The van der Waals surface area contributed by atoms with Gasteiger partial charge in [-0.25, -0.2) is 0 Å². The highest BCUT2D eigenvalue weighted by Crippen LogP contribution is 2.34. The van der Waals surface area contributed by atoms with Crippen LogP contribution in [0.4, 0.5) is 0 Å². The van der Waals surface area contributed by atoms with Crippen LogP contribution in [0.1, 0.15) is 25.7 Å². The first-order valence-corrected chi connectivity index (χ1v) is 4.97. The van der Waals surface area contributed by atoms with E-state index in [9.17, 15) is 0 Å². The van der Waals surface area contributed by atoms with E-state index in [1.165, 1.54) is 25.7 Å². The van der Waals surface area contributed by atoms with Crippen molar-refractivity contribution < 1.29 is 0 Å². The third kappa shape index (κ3) is 1.37. The second kappa shape index (κ2) is 3.32. The molecule has 2 heterocycles. The average Bonchev–Trinajstić information content (AvgIpc) is 2.32. The van der Waals surface area contributed by atoms with Gasteiger partial charge in [0.2, 0.25) is 0 Å². The van der Waals surface area contributed by atoms with Crippen molar-refractivity contribution in [3.8, 4) is 0 Å². The van der Waals surface area contributed by atoms with Crippen molar-refractivity contribution in [2.75, 3.05) is 13.7 Å². The Morgan fingerprint density at radius 2 is 1.92 bits per heavy atom. The summed E-state index contributed by atoms with van der Waals surface area (Å²) in [6.07, 6.45) is 5.14. The number of nitrogens with one attached hydrogen (secondary N) is 1. The maximum atomic E-state index is 5.97. The number of hydrogen-bond donors (Lipinski definition) is 2. The Morgan fingerprint density at radius 3 is 2.42 bits per heavy atom. The molecule has 2 fully saturated rings. The Kier molecular flexibility index (Phi) is 2.35. The number of nitrogens with zero attached hydrogens (tertiary/aromatic N) is 1. The van der Waals surface area contributed by atoms with Gasteiger partial charge >= 0.3 is 0 Å². The van der Waals surface area contributed by atoms with Crippen LogP contribution in [-0.2, 0) is 0 Å². The van der Waals surface area contributed by atoms with Gasteiger partial charge in [-0.2, -0.15) is 0 Å². The highest BCUT2D eigenvalue weighted by atomic mass is 15.3. The second-order valence-corrected chi connectivity index (χ2v) is 4.14. The van der Waals surface area contributed by atoms with Gasteiger partial charge in [0, 0.05) is 24.8 Å². The zero-order valence-corrected chi connectivity index (χ0v) is 7.79. The normalized spacial score (nSPS) is 42.0. The molecule has 2 aliphatic heterocycles. The number of fused-ring (bicyclic) bond motifs is 2. The van der Waals surface area contributed by atoms with Gasteiger partial charge < -0.3 is 11.1 Å². The lowest BCUT2D eigenvalue weighted by Gasteiger charge is -2.37. The zero-order chi connectivity index (χ0) is 8.55. The number of nitrogens with two attached hydrogens (primary N) is 1. The molecule has 3 heteroatoms. The predicted molar refractivity (Wildman–Crippen MR) is 49.8 cm³/mol. The van der Waals surface area contributed by atoms with Crippen molar-refractivity contribution in [1.29, 1.82) is 0 Å². The van der Waals surface area contributed by atoms with Gasteiger partial charge in [-0.05, 0) is 32.7 Å². The molecule has 0 saturated carbocycles. The summed E-state index contributed by atoms with van der Waals surface area (Å²) in [6, 6.07) is 2.01. The van der Waals surface area contributed by atoms with E-state index in [-0.39, 0.29) is 0 Å². The van der Waals surface area contributed by atoms with Crippen molar-refractivity contribution in [1.82, 2.24) is 10.2 Å². The van der Waals surface area contributed by atoms with Gasteiger partial charge in [0.1, 0.15) is 0 Å². The fourth-order valence-electron chi connectivity index (χ4n) is 2.76. The minimum atomic E-state index is 0.468. The molecule has 2 rings (SSSR count). The number of piperidine rings is 1. The Morgan fingerprint density at radius 1 is 1.33 bits per heavy atom. The van der Waals surface area contributed by atoms with E-state index < -0.39 is 0 Å². The summed E-state index contributed by atoms with van der Waals surface area (Å²) in [5.41, 5.74) is 5.97. The maximum Gasteiger partial charge on any atom is 0.0483 e. The first-order valence-electron chi connectivity index (χ1n) is 4.97. The van der Waals surface area contributed by atoms with Crippen LogP contribution in [0, 0.1) is 0 Å². The highest BCUT2D eigenvalue weighted by Gasteiger charge is 2.38. The summed E-state index contributed by atoms with van der Waals surface area (Å²) in [4.78, 5) is 2.59. The third-order valence-corrected chi connectivity index (χ3v) is 3.26. The summed E-state index contributed by atoms with van der Waals surface area (Å²) in [6.45, 7) is 1.04.